The van der Waals surface area contributed by atoms with Crippen LogP contribution in [-0.2, 0) is 0 Å². The first-order valence-electron chi connectivity index (χ1n) is 11.1. The Balaban J connectivity index is 1.57. The van der Waals surface area contributed by atoms with E-state index in [0.717, 1.165) is 45.2 Å². The van der Waals surface area contributed by atoms with Gasteiger partial charge in [0.2, 0.25) is 5.95 Å². The molecule has 0 aliphatic rings. The zero-order valence-electron chi connectivity index (χ0n) is 19.4. The van der Waals surface area contributed by atoms with Crippen molar-refractivity contribution in [1.29, 1.82) is 0 Å². The molecule has 0 aliphatic heterocycles. The van der Waals surface area contributed by atoms with E-state index in [1.165, 1.54) is 12.1 Å². The molecule has 0 amide bonds. The van der Waals surface area contributed by atoms with Gasteiger partial charge in [-0.3, -0.25) is 0 Å². The van der Waals surface area contributed by atoms with Gasteiger partial charge in [0.1, 0.15) is 11.6 Å². The van der Waals surface area contributed by atoms with Gasteiger partial charge in [-0.05, 0) is 67.8 Å². The van der Waals surface area contributed by atoms with Gasteiger partial charge in [-0.25, -0.2) is 9.37 Å². The van der Waals surface area contributed by atoms with Crippen LogP contribution in [0.5, 0.6) is 0 Å². The molecule has 2 N–H and O–H groups in total. The van der Waals surface area contributed by atoms with E-state index >= 15 is 0 Å². The van der Waals surface area contributed by atoms with Crippen LogP contribution in [0.15, 0.2) is 73.7 Å². The van der Waals surface area contributed by atoms with Crippen molar-refractivity contribution in [3.8, 4) is 5.82 Å². The molecule has 0 saturated carbocycles. The van der Waals surface area contributed by atoms with E-state index in [-0.39, 0.29) is 11.9 Å². The standard InChI is InChI=1S/C27H27ClFN5/c1-5-25(20-7-6-8-21(28)13-20)31-19(4)24-16-34(15-18(24)3)26-17(2)14-30-27(33-26)32-23-11-9-22(29)10-12-23/h6-16,25,31H,4-5H2,1-3H3,(H,30,32,33). The lowest BCUT2D eigenvalue weighted by molar-refractivity contribution is 0.614. The number of benzene rings is 2. The Hall–Kier alpha value is -3.64. The molecular weight excluding hydrogens is 449 g/mol. The van der Waals surface area contributed by atoms with Crippen molar-refractivity contribution in [3.05, 3.63) is 107 Å². The molecule has 0 bridgehead atoms. The number of rotatable bonds is 8. The number of nitrogens with one attached hydrogen (secondary N) is 2. The summed E-state index contributed by atoms with van der Waals surface area (Å²) in [6, 6.07) is 14.1. The lowest BCUT2D eigenvalue weighted by atomic mass is 10.0. The fourth-order valence-corrected chi connectivity index (χ4v) is 4.04. The van der Waals surface area contributed by atoms with E-state index in [2.05, 4.69) is 35.2 Å². The van der Waals surface area contributed by atoms with Gasteiger partial charge in [-0.2, -0.15) is 4.98 Å². The van der Waals surface area contributed by atoms with Gasteiger partial charge in [0.05, 0.1) is 6.04 Å². The van der Waals surface area contributed by atoms with Crippen LogP contribution in [0.3, 0.4) is 0 Å². The Morgan fingerprint density at radius 2 is 1.88 bits per heavy atom. The van der Waals surface area contributed by atoms with Crippen molar-refractivity contribution >= 4 is 28.9 Å². The second kappa shape index (κ2) is 10.1. The van der Waals surface area contributed by atoms with Gasteiger partial charge in [0.25, 0.3) is 0 Å². The average Bonchev–Trinajstić information content (AvgIpc) is 3.21. The molecule has 4 aromatic rings. The third kappa shape index (κ3) is 5.29. The van der Waals surface area contributed by atoms with E-state index in [4.69, 9.17) is 16.6 Å². The van der Waals surface area contributed by atoms with Crippen LogP contribution >= 0.6 is 11.6 Å². The van der Waals surface area contributed by atoms with Crippen molar-refractivity contribution in [2.75, 3.05) is 5.32 Å². The minimum absolute atomic E-state index is 0.0984. The first-order chi connectivity index (χ1) is 16.3. The maximum Gasteiger partial charge on any atom is 0.229 e. The third-order valence-corrected chi connectivity index (χ3v) is 5.88. The van der Waals surface area contributed by atoms with Crippen LogP contribution in [-0.4, -0.2) is 14.5 Å². The van der Waals surface area contributed by atoms with E-state index in [0.29, 0.717) is 11.6 Å². The number of hydrogen-bond acceptors (Lipinski definition) is 4. The Kier molecular flexibility index (Phi) is 6.98. The molecule has 1 unspecified atom stereocenters. The lowest BCUT2D eigenvalue weighted by Crippen LogP contribution is -2.19. The van der Waals surface area contributed by atoms with Gasteiger partial charge in [0.15, 0.2) is 0 Å². The Morgan fingerprint density at radius 1 is 1.12 bits per heavy atom. The van der Waals surface area contributed by atoms with E-state index < -0.39 is 0 Å². The third-order valence-electron chi connectivity index (χ3n) is 5.65. The topological polar surface area (TPSA) is 54.8 Å². The lowest BCUT2D eigenvalue weighted by Gasteiger charge is -2.20. The normalized spacial score (nSPS) is 11.8. The summed E-state index contributed by atoms with van der Waals surface area (Å²) in [6.07, 6.45) is 6.71. The summed E-state index contributed by atoms with van der Waals surface area (Å²) >= 11 is 6.19. The summed E-state index contributed by atoms with van der Waals surface area (Å²) in [4.78, 5) is 9.06. The van der Waals surface area contributed by atoms with Gasteiger partial charge < -0.3 is 15.2 Å². The van der Waals surface area contributed by atoms with Crippen molar-refractivity contribution in [2.45, 2.75) is 33.2 Å². The first kappa shape index (κ1) is 23.5. The summed E-state index contributed by atoms with van der Waals surface area (Å²) in [7, 11) is 0. The van der Waals surface area contributed by atoms with Crippen molar-refractivity contribution < 1.29 is 4.39 Å². The maximum atomic E-state index is 13.2. The summed E-state index contributed by atoms with van der Waals surface area (Å²) in [5, 5.41) is 7.40. The van der Waals surface area contributed by atoms with Crippen LogP contribution < -0.4 is 10.6 Å². The molecule has 7 heteroatoms. The molecule has 0 aliphatic carbocycles. The second-order valence-electron chi connectivity index (χ2n) is 8.23. The minimum atomic E-state index is -0.291. The SMILES string of the molecule is C=C(NC(CC)c1cccc(Cl)c1)c1cn(-c2nc(Nc3ccc(F)cc3)ncc2C)cc1C. The van der Waals surface area contributed by atoms with E-state index in [1.807, 2.05) is 49.0 Å². The number of aromatic nitrogens is 3. The van der Waals surface area contributed by atoms with Crippen molar-refractivity contribution in [2.24, 2.45) is 0 Å². The van der Waals surface area contributed by atoms with Gasteiger partial charge in [-0.1, -0.05) is 37.2 Å². The first-order valence-corrected chi connectivity index (χ1v) is 11.5. The quantitative estimate of drug-likeness (QED) is 0.284. The van der Waals surface area contributed by atoms with Crippen LogP contribution in [0.2, 0.25) is 5.02 Å². The molecule has 2 aromatic heterocycles. The fourth-order valence-electron chi connectivity index (χ4n) is 3.84. The number of hydrogen-bond donors (Lipinski definition) is 2. The molecule has 1 atom stereocenters. The number of aryl methyl sites for hydroxylation is 2. The predicted octanol–water partition coefficient (Wildman–Crippen LogP) is 7.13. The zero-order chi connectivity index (χ0) is 24.2. The van der Waals surface area contributed by atoms with Crippen molar-refractivity contribution in [3.63, 3.8) is 0 Å². The van der Waals surface area contributed by atoms with Gasteiger partial charge in [-0.15, -0.1) is 0 Å². The Bertz CT molecular complexity index is 1310. The molecule has 0 spiro atoms. The molecule has 0 fully saturated rings. The van der Waals surface area contributed by atoms with Gasteiger partial charge >= 0.3 is 0 Å². The van der Waals surface area contributed by atoms with Crippen LogP contribution in [0.1, 0.15) is 41.6 Å². The number of nitrogens with zero attached hydrogens (tertiary/aromatic N) is 3. The van der Waals surface area contributed by atoms with Gasteiger partial charge in [0, 0.05) is 46.1 Å². The number of halogens is 2. The van der Waals surface area contributed by atoms with Crippen LogP contribution in [0.25, 0.3) is 11.5 Å². The molecule has 0 saturated heterocycles. The molecule has 5 nitrogen and oxygen atoms in total. The summed E-state index contributed by atoms with van der Waals surface area (Å²) in [5.41, 5.74) is 5.67. The predicted molar refractivity (Wildman–Crippen MR) is 137 cm³/mol. The molecular formula is C27H27ClFN5. The highest BCUT2D eigenvalue weighted by atomic mass is 35.5. The van der Waals surface area contributed by atoms with E-state index in [1.54, 1.807) is 18.3 Å². The molecule has 174 valence electrons. The summed E-state index contributed by atoms with van der Waals surface area (Å²) < 4.78 is 15.2. The molecule has 2 heterocycles. The minimum Gasteiger partial charge on any atom is -0.378 e. The summed E-state index contributed by atoms with van der Waals surface area (Å²) in [6.45, 7) is 10.4. The van der Waals surface area contributed by atoms with Crippen molar-refractivity contribution in [1.82, 2.24) is 19.9 Å². The monoisotopic (exact) mass is 475 g/mol. The van der Waals surface area contributed by atoms with Crippen LogP contribution in [0, 0.1) is 19.7 Å². The van der Waals surface area contributed by atoms with E-state index in [9.17, 15) is 4.39 Å². The highest BCUT2D eigenvalue weighted by molar-refractivity contribution is 6.30. The average molecular weight is 476 g/mol. The van der Waals surface area contributed by atoms with Crippen LogP contribution in [0.4, 0.5) is 16.0 Å². The molecule has 34 heavy (non-hydrogen) atoms. The maximum absolute atomic E-state index is 13.2. The molecule has 0 radical (unpaired) electrons. The molecule has 4 rings (SSSR count). The fraction of sp³-hybridized carbons (Fsp3) is 0.185. The largest absolute Gasteiger partial charge is 0.378 e. The number of anilines is 2. The smallest absolute Gasteiger partial charge is 0.229 e. The summed E-state index contributed by atoms with van der Waals surface area (Å²) in [5.74, 6) is 0.897. The Labute approximate surface area is 204 Å². The molecule has 2 aromatic carbocycles. The highest BCUT2D eigenvalue weighted by Crippen LogP contribution is 2.26. The second-order valence-corrected chi connectivity index (χ2v) is 8.67. The zero-order valence-corrected chi connectivity index (χ0v) is 20.2. The Morgan fingerprint density at radius 3 is 2.59 bits per heavy atom. The highest BCUT2D eigenvalue weighted by Gasteiger charge is 2.15.